The van der Waals surface area contributed by atoms with Crippen LogP contribution in [-0.2, 0) is 0 Å². The Morgan fingerprint density at radius 1 is 0.927 bits per heavy atom. The van der Waals surface area contributed by atoms with E-state index >= 15 is 0 Å². The molecule has 3 aromatic carbocycles. The average Bonchev–Trinajstić information content (AvgIpc) is 3.42. The summed E-state index contributed by atoms with van der Waals surface area (Å²) in [7, 11) is 0. The summed E-state index contributed by atoms with van der Waals surface area (Å²) in [6.07, 6.45) is -4.84. The van der Waals surface area contributed by atoms with Crippen LogP contribution in [0, 0.1) is 11.8 Å². The molecular weight excluding hydrogens is 535 g/mol. The summed E-state index contributed by atoms with van der Waals surface area (Å²) in [6, 6.07) is 17.9. The van der Waals surface area contributed by atoms with Crippen molar-refractivity contribution in [1.29, 1.82) is 0 Å². The quantitative estimate of drug-likeness (QED) is 0.187. The van der Waals surface area contributed by atoms with E-state index in [0.29, 0.717) is 23.3 Å². The predicted octanol–water partition coefficient (Wildman–Crippen LogP) is 7.19. The van der Waals surface area contributed by atoms with Crippen molar-refractivity contribution in [3.05, 3.63) is 66.7 Å². The fourth-order valence-electron chi connectivity index (χ4n) is 4.50. The number of H-pyrrole nitrogens is 1. The van der Waals surface area contributed by atoms with E-state index in [1.165, 1.54) is 12.1 Å². The minimum Gasteiger partial charge on any atom is -0.406 e. The van der Waals surface area contributed by atoms with E-state index < -0.39 is 18.1 Å². The highest BCUT2D eigenvalue weighted by Crippen LogP contribution is 2.36. The molecule has 0 atom stereocenters. The standard InChI is InChI=1S/C29H32F3N7O2/c1-18(2)16-39(17-19(3)4)26-13-12-20(23-10-5-6-11-24(23)27-35-37-38-36-27)14-25(26)34-28(40)33-21-8-7-9-22(15-21)41-29(30,31)32/h5-15,18-19H,16-17H2,1-4H3,(H2,33,34,40)(H,35,36,37,38). The Morgan fingerprint density at radius 2 is 1.63 bits per heavy atom. The fraction of sp³-hybridized carbons (Fsp3) is 0.310. The second-order valence-electron chi connectivity index (χ2n) is 10.4. The number of tetrazole rings is 1. The normalized spacial score (nSPS) is 11.5. The summed E-state index contributed by atoms with van der Waals surface area (Å²) < 4.78 is 42.0. The number of nitrogens with zero attached hydrogens (tertiary/aromatic N) is 4. The molecule has 216 valence electrons. The Morgan fingerprint density at radius 3 is 2.27 bits per heavy atom. The second kappa shape index (κ2) is 12.7. The maximum absolute atomic E-state index is 13.2. The Balaban J connectivity index is 1.70. The number of hydrogen-bond donors (Lipinski definition) is 3. The van der Waals surface area contributed by atoms with E-state index in [1.807, 2.05) is 42.5 Å². The Bertz CT molecular complexity index is 1450. The van der Waals surface area contributed by atoms with E-state index in [2.05, 4.69) is 68.6 Å². The number of aromatic nitrogens is 4. The fourth-order valence-corrected chi connectivity index (χ4v) is 4.50. The molecule has 1 aromatic heterocycles. The second-order valence-corrected chi connectivity index (χ2v) is 10.4. The Kier molecular flexibility index (Phi) is 9.10. The lowest BCUT2D eigenvalue weighted by molar-refractivity contribution is -0.274. The molecule has 0 unspecified atom stereocenters. The third-order valence-electron chi connectivity index (χ3n) is 5.92. The number of benzene rings is 3. The van der Waals surface area contributed by atoms with Gasteiger partial charge in [0.15, 0.2) is 5.82 Å². The van der Waals surface area contributed by atoms with Crippen LogP contribution in [0.5, 0.6) is 5.75 Å². The number of amides is 2. The van der Waals surface area contributed by atoms with Gasteiger partial charge in [0.25, 0.3) is 0 Å². The molecule has 0 fully saturated rings. The smallest absolute Gasteiger partial charge is 0.406 e. The Hall–Kier alpha value is -4.61. The highest BCUT2D eigenvalue weighted by atomic mass is 19.4. The van der Waals surface area contributed by atoms with Gasteiger partial charge in [-0.05, 0) is 57.7 Å². The van der Waals surface area contributed by atoms with Crippen LogP contribution in [0.15, 0.2) is 66.7 Å². The van der Waals surface area contributed by atoms with E-state index in [4.69, 9.17) is 0 Å². The lowest BCUT2D eigenvalue weighted by Gasteiger charge is -2.31. The number of carbonyl (C=O) groups excluding carboxylic acids is 1. The van der Waals surface area contributed by atoms with Gasteiger partial charge in [-0.3, -0.25) is 0 Å². The summed E-state index contributed by atoms with van der Waals surface area (Å²) in [5.41, 5.74) is 3.94. The molecule has 0 aliphatic carbocycles. The third-order valence-corrected chi connectivity index (χ3v) is 5.92. The summed E-state index contributed by atoms with van der Waals surface area (Å²) in [6.45, 7) is 10.0. The van der Waals surface area contributed by atoms with Gasteiger partial charge in [0, 0.05) is 30.4 Å². The van der Waals surface area contributed by atoms with Crippen LogP contribution < -0.4 is 20.3 Å². The highest BCUT2D eigenvalue weighted by molar-refractivity contribution is 6.02. The molecule has 4 aromatic rings. The minimum atomic E-state index is -4.84. The first-order valence-corrected chi connectivity index (χ1v) is 13.1. The Labute approximate surface area is 236 Å². The maximum atomic E-state index is 13.2. The van der Waals surface area contributed by atoms with Gasteiger partial charge in [-0.2, -0.15) is 0 Å². The average molecular weight is 568 g/mol. The van der Waals surface area contributed by atoms with Gasteiger partial charge in [-0.25, -0.2) is 9.89 Å². The van der Waals surface area contributed by atoms with Crippen LogP contribution >= 0.6 is 0 Å². The van der Waals surface area contributed by atoms with Crippen molar-refractivity contribution in [1.82, 2.24) is 20.6 Å². The van der Waals surface area contributed by atoms with E-state index in [9.17, 15) is 18.0 Å². The van der Waals surface area contributed by atoms with Gasteiger partial charge in [0.05, 0.1) is 11.4 Å². The van der Waals surface area contributed by atoms with Gasteiger partial charge in [0.1, 0.15) is 5.75 Å². The third kappa shape index (κ3) is 8.19. The van der Waals surface area contributed by atoms with Crippen LogP contribution in [0.2, 0.25) is 0 Å². The first-order chi connectivity index (χ1) is 19.5. The monoisotopic (exact) mass is 567 g/mol. The number of hydrogen-bond acceptors (Lipinski definition) is 6. The molecule has 12 heteroatoms. The number of aromatic amines is 1. The highest BCUT2D eigenvalue weighted by Gasteiger charge is 2.31. The van der Waals surface area contributed by atoms with Crippen LogP contribution in [0.3, 0.4) is 0 Å². The minimum absolute atomic E-state index is 0.145. The lowest BCUT2D eigenvalue weighted by Crippen LogP contribution is -2.32. The molecule has 3 N–H and O–H groups in total. The molecule has 41 heavy (non-hydrogen) atoms. The number of urea groups is 1. The van der Waals surface area contributed by atoms with Crippen molar-refractivity contribution in [3.8, 4) is 28.3 Å². The van der Waals surface area contributed by atoms with Crippen molar-refractivity contribution in [2.24, 2.45) is 11.8 Å². The lowest BCUT2D eigenvalue weighted by atomic mass is 9.97. The number of carbonyl (C=O) groups is 1. The number of ether oxygens (including phenoxy) is 1. The molecule has 9 nitrogen and oxygen atoms in total. The SMILES string of the molecule is CC(C)CN(CC(C)C)c1ccc(-c2ccccc2-c2nnn[nH]2)cc1NC(=O)Nc1cccc(OC(F)(F)F)c1. The van der Waals surface area contributed by atoms with Crippen LogP contribution in [-0.4, -0.2) is 46.1 Å². The van der Waals surface area contributed by atoms with Gasteiger partial charge in [-0.15, -0.1) is 18.3 Å². The van der Waals surface area contributed by atoms with Crippen molar-refractivity contribution in [2.75, 3.05) is 28.6 Å². The van der Waals surface area contributed by atoms with E-state index in [-0.39, 0.29) is 5.69 Å². The zero-order valence-electron chi connectivity index (χ0n) is 23.2. The molecule has 4 rings (SSSR count). The van der Waals surface area contributed by atoms with Crippen LogP contribution in [0.25, 0.3) is 22.5 Å². The molecule has 2 amide bonds. The summed E-state index contributed by atoms with van der Waals surface area (Å²) in [4.78, 5) is 15.4. The molecule has 0 saturated heterocycles. The van der Waals surface area contributed by atoms with Crippen LogP contribution in [0.1, 0.15) is 27.7 Å². The number of alkyl halides is 3. The van der Waals surface area contributed by atoms with Crippen LogP contribution in [0.4, 0.5) is 35.0 Å². The van der Waals surface area contributed by atoms with Crippen molar-refractivity contribution in [3.63, 3.8) is 0 Å². The number of nitrogens with one attached hydrogen (secondary N) is 3. The van der Waals surface area contributed by atoms with Crippen molar-refractivity contribution in [2.45, 2.75) is 34.1 Å². The first-order valence-electron chi connectivity index (χ1n) is 13.1. The van der Waals surface area contributed by atoms with Crippen molar-refractivity contribution < 1.29 is 22.7 Å². The molecular formula is C29H32F3N7O2. The van der Waals surface area contributed by atoms with Crippen molar-refractivity contribution >= 4 is 23.1 Å². The maximum Gasteiger partial charge on any atom is 0.573 e. The van der Waals surface area contributed by atoms with E-state index in [0.717, 1.165) is 47.6 Å². The molecule has 0 saturated carbocycles. The number of anilines is 3. The zero-order valence-corrected chi connectivity index (χ0v) is 23.2. The molecule has 0 radical (unpaired) electrons. The first kappa shape index (κ1) is 29.4. The van der Waals surface area contributed by atoms with Gasteiger partial charge in [-0.1, -0.05) is 64.1 Å². The molecule has 0 aliphatic heterocycles. The van der Waals surface area contributed by atoms with Gasteiger partial charge < -0.3 is 20.3 Å². The predicted molar refractivity (Wildman–Crippen MR) is 153 cm³/mol. The molecule has 0 bridgehead atoms. The van der Waals surface area contributed by atoms with E-state index in [1.54, 1.807) is 0 Å². The summed E-state index contributed by atoms with van der Waals surface area (Å²) in [5, 5.41) is 19.7. The molecule has 0 spiro atoms. The molecule has 0 aliphatic rings. The number of rotatable bonds is 10. The largest absolute Gasteiger partial charge is 0.573 e. The molecule has 1 heterocycles. The summed E-state index contributed by atoms with van der Waals surface area (Å²) in [5.74, 6) is 0.771. The van der Waals surface area contributed by atoms with Gasteiger partial charge >= 0.3 is 12.4 Å². The van der Waals surface area contributed by atoms with Gasteiger partial charge in [0.2, 0.25) is 0 Å². The number of halogens is 3. The topological polar surface area (TPSA) is 108 Å². The zero-order chi connectivity index (χ0) is 29.6. The summed E-state index contributed by atoms with van der Waals surface area (Å²) >= 11 is 0.